The zero-order valence-electron chi connectivity index (χ0n) is 14.7. The number of hydrogen-bond acceptors (Lipinski definition) is 2. The van der Waals surface area contributed by atoms with Crippen molar-refractivity contribution in [3.63, 3.8) is 0 Å². The van der Waals surface area contributed by atoms with E-state index in [9.17, 15) is 9.18 Å². The van der Waals surface area contributed by atoms with E-state index in [-0.39, 0.29) is 5.56 Å². The van der Waals surface area contributed by atoms with Crippen molar-refractivity contribution in [1.82, 2.24) is 5.32 Å². The minimum absolute atomic E-state index is 0.00523. The summed E-state index contributed by atoms with van der Waals surface area (Å²) in [5.41, 5.74) is 2.49. The standard InChI is InChI=1S/C21H17FIN3OS/c22-19-7-2-1-6-18(19)20(27)25-16-8-10-17(11-9-16)26-21(28)24-13-14-4-3-5-15(23)12-14/h1-12H,13H2,(H,25,27)(H2,24,26,28). The second-order valence-corrected chi connectivity index (χ2v) is 7.60. The molecule has 0 saturated heterocycles. The summed E-state index contributed by atoms with van der Waals surface area (Å²) in [6.07, 6.45) is 0. The first-order valence-corrected chi connectivity index (χ1v) is 9.95. The molecule has 0 fully saturated rings. The van der Waals surface area contributed by atoms with Crippen LogP contribution in [0.5, 0.6) is 0 Å². The molecule has 0 aromatic heterocycles. The Bertz CT molecular complexity index is 995. The molecule has 3 rings (SSSR count). The molecule has 3 aromatic rings. The van der Waals surface area contributed by atoms with Crippen molar-refractivity contribution < 1.29 is 9.18 Å². The summed E-state index contributed by atoms with van der Waals surface area (Å²) >= 11 is 7.58. The topological polar surface area (TPSA) is 53.2 Å². The van der Waals surface area contributed by atoms with Crippen LogP contribution in [0.25, 0.3) is 0 Å². The third kappa shape index (κ3) is 5.74. The normalized spacial score (nSPS) is 10.2. The second kappa shape index (κ2) is 9.61. The van der Waals surface area contributed by atoms with Crippen molar-refractivity contribution in [2.24, 2.45) is 0 Å². The summed E-state index contributed by atoms with van der Waals surface area (Å²) in [5, 5.41) is 9.43. The molecule has 1 amide bonds. The summed E-state index contributed by atoms with van der Waals surface area (Å²) in [4.78, 5) is 12.1. The summed E-state index contributed by atoms with van der Waals surface area (Å²) in [6.45, 7) is 0.624. The van der Waals surface area contributed by atoms with Gasteiger partial charge in [-0.05, 0) is 88.9 Å². The number of anilines is 2. The predicted molar refractivity (Wildman–Crippen MR) is 123 cm³/mol. The van der Waals surface area contributed by atoms with Crippen LogP contribution in [0.4, 0.5) is 15.8 Å². The van der Waals surface area contributed by atoms with E-state index in [1.165, 1.54) is 15.7 Å². The van der Waals surface area contributed by atoms with E-state index in [4.69, 9.17) is 12.2 Å². The smallest absolute Gasteiger partial charge is 0.258 e. The van der Waals surface area contributed by atoms with Gasteiger partial charge in [0.2, 0.25) is 0 Å². The van der Waals surface area contributed by atoms with Gasteiger partial charge in [0.05, 0.1) is 5.56 Å². The first kappa shape index (κ1) is 20.2. The lowest BCUT2D eigenvalue weighted by Gasteiger charge is -2.12. The van der Waals surface area contributed by atoms with Gasteiger partial charge in [0.1, 0.15) is 5.82 Å². The van der Waals surface area contributed by atoms with Crippen molar-refractivity contribution in [1.29, 1.82) is 0 Å². The lowest BCUT2D eigenvalue weighted by molar-refractivity contribution is 0.102. The van der Waals surface area contributed by atoms with Gasteiger partial charge in [-0.25, -0.2) is 4.39 Å². The highest BCUT2D eigenvalue weighted by Gasteiger charge is 2.10. The van der Waals surface area contributed by atoms with E-state index in [1.807, 2.05) is 18.2 Å². The number of halogens is 2. The van der Waals surface area contributed by atoms with Crippen molar-refractivity contribution in [3.8, 4) is 0 Å². The minimum Gasteiger partial charge on any atom is -0.358 e. The molecule has 0 heterocycles. The fourth-order valence-corrected chi connectivity index (χ4v) is 3.28. The molecule has 0 aliphatic carbocycles. The van der Waals surface area contributed by atoms with Gasteiger partial charge in [0, 0.05) is 21.5 Å². The van der Waals surface area contributed by atoms with Gasteiger partial charge in [0.25, 0.3) is 5.91 Å². The Balaban J connectivity index is 1.53. The molecule has 0 atom stereocenters. The van der Waals surface area contributed by atoms with Crippen LogP contribution in [0.3, 0.4) is 0 Å². The predicted octanol–water partition coefficient (Wildman–Crippen LogP) is 5.17. The Labute approximate surface area is 181 Å². The van der Waals surface area contributed by atoms with Crippen LogP contribution in [0.15, 0.2) is 72.8 Å². The number of amides is 1. The highest BCUT2D eigenvalue weighted by Crippen LogP contribution is 2.16. The van der Waals surface area contributed by atoms with Crippen LogP contribution in [-0.2, 0) is 6.54 Å². The molecule has 3 N–H and O–H groups in total. The highest BCUT2D eigenvalue weighted by atomic mass is 127. The third-order valence-electron chi connectivity index (χ3n) is 3.86. The molecule has 0 unspecified atom stereocenters. The van der Waals surface area contributed by atoms with Crippen LogP contribution < -0.4 is 16.0 Å². The zero-order valence-corrected chi connectivity index (χ0v) is 17.7. The van der Waals surface area contributed by atoms with Gasteiger partial charge < -0.3 is 16.0 Å². The lowest BCUT2D eigenvalue weighted by atomic mass is 10.2. The van der Waals surface area contributed by atoms with Gasteiger partial charge in [-0.1, -0.05) is 24.3 Å². The molecule has 0 bridgehead atoms. The van der Waals surface area contributed by atoms with Gasteiger partial charge in [0.15, 0.2) is 5.11 Å². The van der Waals surface area contributed by atoms with Gasteiger partial charge in [-0.2, -0.15) is 0 Å². The average Bonchev–Trinajstić information content (AvgIpc) is 2.68. The third-order valence-corrected chi connectivity index (χ3v) is 4.78. The molecule has 28 heavy (non-hydrogen) atoms. The monoisotopic (exact) mass is 505 g/mol. The maximum Gasteiger partial charge on any atom is 0.258 e. The molecule has 0 spiro atoms. The summed E-state index contributed by atoms with van der Waals surface area (Å²) < 4.78 is 14.8. The number of thiocarbonyl (C=S) groups is 1. The zero-order chi connectivity index (χ0) is 19.9. The molecule has 0 radical (unpaired) electrons. The Kier molecular flexibility index (Phi) is 6.94. The number of carbonyl (C=O) groups is 1. The van der Waals surface area contributed by atoms with E-state index >= 15 is 0 Å². The Morgan fingerprint density at radius 1 is 0.929 bits per heavy atom. The Hall–Kier alpha value is -2.52. The molecular formula is C21H17FIN3OS. The second-order valence-electron chi connectivity index (χ2n) is 5.95. The molecular weight excluding hydrogens is 488 g/mol. The van der Waals surface area contributed by atoms with Crippen LogP contribution >= 0.6 is 34.8 Å². The van der Waals surface area contributed by atoms with E-state index in [0.717, 1.165) is 11.3 Å². The first-order chi connectivity index (χ1) is 13.5. The fourth-order valence-electron chi connectivity index (χ4n) is 2.49. The van der Waals surface area contributed by atoms with E-state index in [1.54, 1.807) is 36.4 Å². The number of rotatable bonds is 5. The number of hydrogen-bond donors (Lipinski definition) is 3. The molecule has 142 valence electrons. The molecule has 0 aliphatic rings. The summed E-state index contributed by atoms with van der Waals surface area (Å²) in [6, 6.07) is 21.0. The van der Waals surface area contributed by atoms with Crippen LogP contribution in [0, 0.1) is 9.39 Å². The van der Waals surface area contributed by atoms with Crippen molar-refractivity contribution in [3.05, 3.63) is 93.3 Å². The van der Waals surface area contributed by atoms with Crippen molar-refractivity contribution in [2.75, 3.05) is 10.6 Å². The number of benzene rings is 3. The van der Waals surface area contributed by atoms with Gasteiger partial charge in [-0.3, -0.25) is 4.79 Å². The highest BCUT2D eigenvalue weighted by molar-refractivity contribution is 14.1. The molecule has 0 saturated carbocycles. The van der Waals surface area contributed by atoms with Gasteiger partial charge >= 0.3 is 0 Å². The van der Waals surface area contributed by atoms with E-state index in [2.05, 4.69) is 44.6 Å². The Morgan fingerprint density at radius 2 is 1.61 bits per heavy atom. The van der Waals surface area contributed by atoms with Crippen LogP contribution in [0.2, 0.25) is 0 Å². The number of carbonyl (C=O) groups excluding carboxylic acids is 1. The van der Waals surface area contributed by atoms with Gasteiger partial charge in [-0.15, -0.1) is 0 Å². The first-order valence-electron chi connectivity index (χ1n) is 8.46. The molecule has 7 heteroatoms. The van der Waals surface area contributed by atoms with Crippen molar-refractivity contribution in [2.45, 2.75) is 6.54 Å². The van der Waals surface area contributed by atoms with E-state index < -0.39 is 11.7 Å². The van der Waals surface area contributed by atoms with E-state index in [0.29, 0.717) is 17.3 Å². The molecule has 3 aromatic carbocycles. The lowest BCUT2D eigenvalue weighted by Crippen LogP contribution is -2.27. The number of nitrogens with one attached hydrogen (secondary N) is 3. The summed E-state index contributed by atoms with van der Waals surface area (Å²) in [7, 11) is 0. The quantitative estimate of drug-likeness (QED) is 0.331. The van der Waals surface area contributed by atoms with Crippen LogP contribution in [-0.4, -0.2) is 11.0 Å². The maximum absolute atomic E-state index is 13.7. The maximum atomic E-state index is 13.7. The molecule has 0 aliphatic heterocycles. The van der Waals surface area contributed by atoms with Crippen molar-refractivity contribution >= 4 is 57.2 Å². The SMILES string of the molecule is O=C(Nc1ccc(NC(=S)NCc2cccc(I)c2)cc1)c1ccccc1F. The van der Waals surface area contributed by atoms with Crippen LogP contribution in [0.1, 0.15) is 15.9 Å². The largest absolute Gasteiger partial charge is 0.358 e. The fraction of sp³-hybridized carbons (Fsp3) is 0.0476. The molecule has 4 nitrogen and oxygen atoms in total. The average molecular weight is 505 g/mol. The summed E-state index contributed by atoms with van der Waals surface area (Å²) in [5.74, 6) is -1.05. The Morgan fingerprint density at radius 3 is 2.29 bits per heavy atom. The minimum atomic E-state index is -0.553.